The Balaban J connectivity index is 0.553. The first-order valence-corrected chi connectivity index (χ1v) is 39.5. The van der Waals surface area contributed by atoms with E-state index in [0.717, 1.165) is 83.5 Å². The van der Waals surface area contributed by atoms with Crippen molar-refractivity contribution in [1.29, 1.82) is 0 Å². The van der Waals surface area contributed by atoms with Gasteiger partial charge in [0.2, 0.25) is 0 Å². The summed E-state index contributed by atoms with van der Waals surface area (Å²) in [5.74, 6) is 1.79. The van der Waals surface area contributed by atoms with Gasteiger partial charge >= 0.3 is 0 Å². The maximum Gasteiger partial charge on any atom is 0.164 e. The van der Waals surface area contributed by atoms with Crippen molar-refractivity contribution in [1.82, 2.24) is 15.0 Å². The van der Waals surface area contributed by atoms with Crippen LogP contribution in [-0.4, -0.2) is 15.0 Å². The summed E-state index contributed by atoms with van der Waals surface area (Å²) in [7, 11) is 0. The predicted octanol–water partition coefficient (Wildman–Crippen LogP) is 29.2. The Morgan fingerprint density at radius 1 is 0.113 bits per heavy atom. The second-order valence-electron chi connectivity index (χ2n) is 30.1. The van der Waals surface area contributed by atoms with E-state index in [1.807, 2.05) is 0 Å². The summed E-state index contributed by atoms with van der Waals surface area (Å²) in [5, 5.41) is 0. The van der Waals surface area contributed by atoms with Gasteiger partial charge in [0.15, 0.2) is 17.5 Å². The Morgan fingerprint density at radius 2 is 0.278 bits per heavy atom. The van der Waals surface area contributed by atoms with Crippen LogP contribution in [0.15, 0.2) is 443 Å². The minimum atomic E-state index is -0.394. The van der Waals surface area contributed by atoms with Gasteiger partial charge in [0.1, 0.15) is 0 Å². The molecule has 115 heavy (non-hydrogen) atoms. The standard InChI is InChI=1S/C112H73N3/c1-3-22-74(23-4-1)82-26-13-31-87(64-82)89-33-15-28-84(66-89)76-50-56-79(57-51-76)109-113-110(80-58-52-77(53-59-80)85-29-16-34-90(67-85)88-32-14-27-83(65-88)75-24-5-2-6-25-75)115-111(114-109)81-60-54-78(55-61-81)86-30-17-35-91(68-86)92-36-18-37-93(69-92)94-38-19-39-95(70-94)96-40-20-41-97(71-96)98-42-21-43-99(72-98)100-62-63-104-103-46-9-12-49-107(103)112(108(104)73-100)105-47-10-7-44-101(105)102-45-8-11-48-106(102)112/h1-73H. The van der Waals surface area contributed by atoms with Gasteiger partial charge in [-0.3, -0.25) is 0 Å². The lowest BCUT2D eigenvalue weighted by Gasteiger charge is -2.30. The number of rotatable bonds is 15. The van der Waals surface area contributed by atoms with E-state index in [0.29, 0.717) is 17.5 Å². The molecule has 1 spiro atoms. The lowest BCUT2D eigenvalue weighted by Crippen LogP contribution is -2.25. The van der Waals surface area contributed by atoms with Crippen LogP contribution in [0.2, 0.25) is 0 Å². The summed E-state index contributed by atoms with van der Waals surface area (Å²) in [4.78, 5) is 15.8. The van der Waals surface area contributed by atoms with E-state index in [1.165, 1.54) is 111 Å². The van der Waals surface area contributed by atoms with Crippen LogP contribution in [0.25, 0.3) is 190 Å². The first kappa shape index (κ1) is 68.0. The second-order valence-corrected chi connectivity index (χ2v) is 30.1. The molecule has 1 heterocycles. The smallest absolute Gasteiger partial charge is 0.164 e. The summed E-state index contributed by atoms with van der Waals surface area (Å²) in [6.07, 6.45) is 0. The van der Waals surface area contributed by atoms with Crippen molar-refractivity contribution in [3.8, 4) is 190 Å². The van der Waals surface area contributed by atoms with E-state index >= 15 is 0 Å². The maximum absolute atomic E-state index is 5.27. The molecule has 0 aliphatic heterocycles. The molecule has 0 saturated heterocycles. The number of nitrogens with zero attached hydrogens (tertiary/aromatic N) is 3. The molecular formula is C112H73N3. The maximum atomic E-state index is 5.27. The van der Waals surface area contributed by atoms with Gasteiger partial charge in [0.25, 0.3) is 0 Å². The molecule has 0 saturated carbocycles. The minimum Gasteiger partial charge on any atom is -0.208 e. The lowest BCUT2D eigenvalue weighted by atomic mass is 9.70. The minimum absolute atomic E-state index is 0.394. The Bertz CT molecular complexity index is 6680. The molecule has 0 unspecified atom stereocenters. The van der Waals surface area contributed by atoms with E-state index in [4.69, 9.17) is 15.0 Å². The van der Waals surface area contributed by atoms with E-state index in [9.17, 15) is 0 Å². The van der Waals surface area contributed by atoms with E-state index < -0.39 is 5.41 Å². The first-order valence-electron chi connectivity index (χ1n) is 39.5. The van der Waals surface area contributed by atoms with Gasteiger partial charge in [-0.1, -0.05) is 382 Å². The van der Waals surface area contributed by atoms with Gasteiger partial charge in [-0.2, -0.15) is 0 Å². The van der Waals surface area contributed by atoms with Gasteiger partial charge in [0, 0.05) is 16.7 Å². The highest BCUT2D eigenvalue weighted by Crippen LogP contribution is 2.63. The molecule has 2 aliphatic carbocycles. The van der Waals surface area contributed by atoms with E-state index in [1.54, 1.807) is 0 Å². The van der Waals surface area contributed by atoms with E-state index in [-0.39, 0.29) is 0 Å². The molecule has 2 aliphatic rings. The third-order valence-corrected chi connectivity index (χ3v) is 23.4. The summed E-state index contributed by atoms with van der Waals surface area (Å²) in [6, 6.07) is 161. The largest absolute Gasteiger partial charge is 0.208 e. The molecule has 21 rings (SSSR count). The van der Waals surface area contributed by atoms with Crippen LogP contribution in [-0.2, 0) is 5.41 Å². The number of hydrogen-bond donors (Lipinski definition) is 0. The lowest BCUT2D eigenvalue weighted by molar-refractivity contribution is 0.794. The van der Waals surface area contributed by atoms with Crippen LogP contribution >= 0.6 is 0 Å². The molecule has 0 radical (unpaired) electrons. The average Bonchev–Trinajstić information content (AvgIpc) is 1.51. The van der Waals surface area contributed by atoms with Gasteiger partial charge in [-0.25, -0.2) is 15.0 Å². The Kier molecular flexibility index (Phi) is 17.2. The van der Waals surface area contributed by atoms with Gasteiger partial charge < -0.3 is 0 Å². The molecule has 0 fully saturated rings. The topological polar surface area (TPSA) is 38.7 Å². The molecule has 0 atom stereocenters. The van der Waals surface area contributed by atoms with Gasteiger partial charge in [-0.15, -0.1) is 0 Å². The highest BCUT2D eigenvalue weighted by atomic mass is 15.0. The van der Waals surface area contributed by atoms with Crippen LogP contribution in [0.4, 0.5) is 0 Å². The zero-order valence-corrected chi connectivity index (χ0v) is 63.0. The predicted molar refractivity (Wildman–Crippen MR) is 478 cm³/mol. The molecule has 0 bridgehead atoms. The second kappa shape index (κ2) is 29.0. The van der Waals surface area contributed by atoms with Crippen LogP contribution in [0.1, 0.15) is 22.3 Å². The van der Waals surface area contributed by atoms with Crippen molar-refractivity contribution in [3.63, 3.8) is 0 Å². The van der Waals surface area contributed by atoms with Crippen LogP contribution in [0.3, 0.4) is 0 Å². The Morgan fingerprint density at radius 3 is 0.522 bits per heavy atom. The zero-order valence-electron chi connectivity index (χ0n) is 63.0. The van der Waals surface area contributed by atoms with Crippen LogP contribution in [0.5, 0.6) is 0 Å². The highest BCUT2D eigenvalue weighted by molar-refractivity contribution is 5.97. The third-order valence-electron chi connectivity index (χ3n) is 23.4. The molecule has 536 valence electrons. The molecule has 3 nitrogen and oxygen atoms in total. The average molecular weight is 1460 g/mol. The monoisotopic (exact) mass is 1460 g/mol. The number of hydrogen-bond acceptors (Lipinski definition) is 3. The van der Waals surface area contributed by atoms with Crippen molar-refractivity contribution in [3.05, 3.63) is 465 Å². The molecule has 0 amide bonds. The fourth-order valence-corrected chi connectivity index (χ4v) is 17.6. The molecule has 19 aromatic rings. The Labute approximate surface area is 670 Å². The van der Waals surface area contributed by atoms with E-state index in [2.05, 4.69) is 443 Å². The summed E-state index contributed by atoms with van der Waals surface area (Å²) < 4.78 is 0. The summed E-state index contributed by atoms with van der Waals surface area (Å²) >= 11 is 0. The normalized spacial score (nSPS) is 12.1. The van der Waals surface area contributed by atoms with Crippen molar-refractivity contribution in [2.24, 2.45) is 0 Å². The Hall–Kier alpha value is -15.0. The first-order chi connectivity index (χ1) is 56.9. The number of aromatic nitrogens is 3. The quantitative estimate of drug-likeness (QED) is 0.103. The van der Waals surface area contributed by atoms with Crippen molar-refractivity contribution in [2.45, 2.75) is 5.41 Å². The fourth-order valence-electron chi connectivity index (χ4n) is 17.6. The van der Waals surface area contributed by atoms with Crippen molar-refractivity contribution in [2.75, 3.05) is 0 Å². The number of benzene rings is 18. The van der Waals surface area contributed by atoms with Crippen molar-refractivity contribution >= 4 is 0 Å². The van der Waals surface area contributed by atoms with Crippen LogP contribution < -0.4 is 0 Å². The molecule has 0 N–H and O–H groups in total. The number of fused-ring (bicyclic) bond motifs is 10. The molecule has 1 aromatic heterocycles. The third kappa shape index (κ3) is 12.7. The highest BCUT2D eigenvalue weighted by Gasteiger charge is 2.51. The van der Waals surface area contributed by atoms with Crippen LogP contribution in [0, 0.1) is 0 Å². The summed E-state index contributed by atoms with van der Waals surface area (Å²) in [6.45, 7) is 0. The summed E-state index contributed by atoms with van der Waals surface area (Å²) in [5.41, 5.74) is 40.8. The molecular weight excluding hydrogens is 1390 g/mol. The fraction of sp³-hybridized carbons (Fsp3) is 0.00893. The zero-order chi connectivity index (χ0) is 76.2. The van der Waals surface area contributed by atoms with Gasteiger partial charge in [0.05, 0.1) is 5.41 Å². The van der Waals surface area contributed by atoms with Gasteiger partial charge in [-0.05, 0) is 239 Å². The SMILES string of the molecule is c1ccc(-c2cccc(-c3cccc(-c4ccc(-c5nc(-c6ccc(-c7cccc(-c8cccc(-c9ccccc9)c8)c7)cc6)nc(-c6ccc(-c7cccc(-c8cccc(-c9cccc(-c%10cccc(-c%11cccc(-c%12ccc%13c(c%12)C%12(c%14ccccc%14-c%14ccccc%14%12)c%12ccccc%12-%13)c%11)c%10)c9)c8)c7)cc6)n5)cc4)c3)c2)cc1. The molecule has 18 aromatic carbocycles. The van der Waals surface area contributed by atoms with Crippen molar-refractivity contribution < 1.29 is 0 Å². The molecule has 3 heteroatoms.